The maximum absolute atomic E-state index is 11.7. The van der Waals surface area contributed by atoms with Gasteiger partial charge in [0.1, 0.15) is 0 Å². The number of rotatable bonds is 2. The summed E-state index contributed by atoms with van der Waals surface area (Å²) in [5.74, 6) is 0.0531. The van der Waals surface area contributed by atoms with Crippen LogP contribution in [-0.4, -0.2) is 42.4 Å². The molecule has 1 aliphatic heterocycles. The van der Waals surface area contributed by atoms with Crippen molar-refractivity contribution in [3.63, 3.8) is 0 Å². The van der Waals surface area contributed by atoms with Gasteiger partial charge in [-0.1, -0.05) is 0 Å². The number of halogens is 3. The van der Waals surface area contributed by atoms with Crippen molar-refractivity contribution >= 4 is 0 Å². The molecule has 0 aliphatic carbocycles. The fraction of sp³-hybridized carbons (Fsp3) is 1.00. The van der Waals surface area contributed by atoms with Gasteiger partial charge in [-0.15, -0.1) is 0 Å². The molecule has 0 atom stereocenters. The van der Waals surface area contributed by atoms with Gasteiger partial charge < -0.3 is 5.11 Å². The summed E-state index contributed by atoms with van der Waals surface area (Å²) >= 11 is 0. The zero-order valence-corrected chi connectivity index (χ0v) is 5.93. The average molecular weight is 169 g/mol. The van der Waals surface area contributed by atoms with Gasteiger partial charge in [0.25, 0.3) is 0 Å². The van der Waals surface area contributed by atoms with Crippen LogP contribution in [0.4, 0.5) is 13.2 Å². The SMILES string of the molecule is OCC1CN(CC(F)(F)F)C1. The summed E-state index contributed by atoms with van der Waals surface area (Å²) in [7, 11) is 0. The predicted octanol–water partition coefficient (Wildman–Crippen LogP) is 0.473. The van der Waals surface area contributed by atoms with Gasteiger partial charge in [0.2, 0.25) is 0 Å². The fourth-order valence-electron chi connectivity index (χ4n) is 1.17. The lowest BCUT2D eigenvalue weighted by atomic mass is 10.0. The second-order valence-corrected chi connectivity index (χ2v) is 2.86. The minimum Gasteiger partial charge on any atom is -0.396 e. The molecule has 1 aliphatic rings. The number of alkyl halides is 3. The van der Waals surface area contributed by atoms with Crippen molar-refractivity contribution in [1.29, 1.82) is 0 Å². The Bertz CT molecular complexity index is 130. The van der Waals surface area contributed by atoms with E-state index in [0.717, 1.165) is 0 Å². The van der Waals surface area contributed by atoms with Crippen LogP contribution in [0.5, 0.6) is 0 Å². The van der Waals surface area contributed by atoms with Crippen molar-refractivity contribution in [1.82, 2.24) is 4.90 Å². The Morgan fingerprint density at radius 3 is 2.27 bits per heavy atom. The molecule has 1 fully saturated rings. The van der Waals surface area contributed by atoms with Gasteiger partial charge >= 0.3 is 6.18 Å². The molecule has 5 heteroatoms. The van der Waals surface area contributed by atoms with Gasteiger partial charge in [-0.25, -0.2) is 0 Å². The van der Waals surface area contributed by atoms with Crippen LogP contribution < -0.4 is 0 Å². The lowest BCUT2D eigenvalue weighted by Crippen LogP contribution is -2.51. The molecule has 0 aromatic carbocycles. The summed E-state index contributed by atoms with van der Waals surface area (Å²) < 4.78 is 35.0. The summed E-state index contributed by atoms with van der Waals surface area (Å²) in [5.41, 5.74) is 0. The van der Waals surface area contributed by atoms with Gasteiger partial charge in [0, 0.05) is 25.6 Å². The normalized spacial score (nSPS) is 21.8. The molecule has 0 amide bonds. The van der Waals surface area contributed by atoms with Crippen LogP contribution in [-0.2, 0) is 0 Å². The monoisotopic (exact) mass is 169 g/mol. The van der Waals surface area contributed by atoms with Crippen molar-refractivity contribution in [3.05, 3.63) is 0 Å². The highest BCUT2D eigenvalue weighted by atomic mass is 19.4. The number of hydrogen-bond donors (Lipinski definition) is 1. The number of likely N-dealkylation sites (tertiary alicyclic amines) is 1. The van der Waals surface area contributed by atoms with E-state index in [-0.39, 0.29) is 12.5 Å². The Hall–Kier alpha value is -0.290. The third-order valence-corrected chi connectivity index (χ3v) is 1.69. The molecular formula is C6H10F3NO. The first-order valence-corrected chi connectivity index (χ1v) is 3.41. The molecule has 1 rings (SSSR count). The Labute approximate surface area is 62.6 Å². The molecule has 0 bridgehead atoms. The number of hydrogen-bond acceptors (Lipinski definition) is 2. The van der Waals surface area contributed by atoms with Gasteiger partial charge in [-0.3, -0.25) is 4.90 Å². The van der Waals surface area contributed by atoms with Crippen LogP contribution >= 0.6 is 0 Å². The van der Waals surface area contributed by atoms with E-state index in [2.05, 4.69) is 0 Å². The summed E-state index contributed by atoms with van der Waals surface area (Å²) in [6.45, 7) is -0.107. The lowest BCUT2D eigenvalue weighted by Gasteiger charge is -2.38. The van der Waals surface area contributed by atoms with Crippen LogP contribution in [0.1, 0.15) is 0 Å². The van der Waals surface area contributed by atoms with E-state index in [9.17, 15) is 13.2 Å². The van der Waals surface area contributed by atoms with Crippen LogP contribution in [0.25, 0.3) is 0 Å². The van der Waals surface area contributed by atoms with E-state index in [1.807, 2.05) is 0 Å². The predicted molar refractivity (Wildman–Crippen MR) is 33.1 cm³/mol. The molecule has 11 heavy (non-hydrogen) atoms. The van der Waals surface area contributed by atoms with E-state index in [4.69, 9.17) is 5.11 Å². The fourth-order valence-corrected chi connectivity index (χ4v) is 1.17. The quantitative estimate of drug-likeness (QED) is 0.649. The summed E-state index contributed by atoms with van der Waals surface area (Å²) in [6, 6.07) is 0. The molecule has 0 aromatic heterocycles. The summed E-state index contributed by atoms with van der Waals surface area (Å²) in [5, 5.41) is 8.49. The van der Waals surface area contributed by atoms with Gasteiger partial charge in [-0.2, -0.15) is 13.2 Å². The van der Waals surface area contributed by atoms with Crippen LogP contribution in [0.2, 0.25) is 0 Å². The third-order valence-electron chi connectivity index (χ3n) is 1.69. The molecule has 1 N–H and O–H groups in total. The highest BCUT2D eigenvalue weighted by Gasteiger charge is 2.36. The van der Waals surface area contributed by atoms with E-state index >= 15 is 0 Å². The van der Waals surface area contributed by atoms with Crippen molar-refractivity contribution in [2.24, 2.45) is 5.92 Å². The maximum atomic E-state index is 11.7. The van der Waals surface area contributed by atoms with Gasteiger partial charge in [-0.05, 0) is 0 Å². The van der Waals surface area contributed by atoms with Crippen molar-refractivity contribution in [3.8, 4) is 0 Å². The van der Waals surface area contributed by atoms with Gasteiger partial charge in [0.05, 0.1) is 6.54 Å². The van der Waals surface area contributed by atoms with E-state index < -0.39 is 12.7 Å². The van der Waals surface area contributed by atoms with Crippen molar-refractivity contribution < 1.29 is 18.3 Å². The van der Waals surface area contributed by atoms with Gasteiger partial charge in [0.15, 0.2) is 0 Å². The number of nitrogens with zero attached hydrogens (tertiary/aromatic N) is 1. The molecule has 0 aromatic rings. The topological polar surface area (TPSA) is 23.5 Å². The molecule has 0 radical (unpaired) electrons. The summed E-state index contributed by atoms with van der Waals surface area (Å²) in [6.07, 6.45) is -4.10. The molecule has 2 nitrogen and oxygen atoms in total. The van der Waals surface area contributed by atoms with E-state index in [0.29, 0.717) is 13.1 Å². The zero-order chi connectivity index (χ0) is 8.48. The van der Waals surface area contributed by atoms with Crippen LogP contribution in [0, 0.1) is 5.92 Å². The molecule has 1 saturated heterocycles. The molecule has 66 valence electrons. The molecular weight excluding hydrogens is 159 g/mol. The first kappa shape index (κ1) is 8.80. The zero-order valence-electron chi connectivity index (χ0n) is 5.93. The average Bonchev–Trinajstić information content (AvgIpc) is 1.75. The standard InChI is InChI=1S/C6H10F3NO/c7-6(8,9)4-10-1-5(2-10)3-11/h5,11H,1-4H2. The smallest absolute Gasteiger partial charge is 0.396 e. The Morgan fingerprint density at radius 1 is 1.36 bits per heavy atom. The van der Waals surface area contributed by atoms with Crippen LogP contribution in [0.3, 0.4) is 0 Å². The highest BCUT2D eigenvalue weighted by molar-refractivity contribution is 4.80. The second-order valence-electron chi connectivity index (χ2n) is 2.86. The minimum atomic E-state index is -4.10. The largest absolute Gasteiger partial charge is 0.401 e. The van der Waals surface area contributed by atoms with E-state index in [1.54, 1.807) is 0 Å². The minimum absolute atomic E-state index is 0.00560. The second kappa shape index (κ2) is 2.98. The molecule has 0 spiro atoms. The van der Waals surface area contributed by atoms with Crippen LogP contribution in [0.15, 0.2) is 0 Å². The van der Waals surface area contributed by atoms with Crippen molar-refractivity contribution in [2.75, 3.05) is 26.2 Å². The lowest BCUT2D eigenvalue weighted by molar-refractivity contribution is -0.160. The Kier molecular flexibility index (Phi) is 2.39. The summed E-state index contributed by atoms with van der Waals surface area (Å²) in [4.78, 5) is 1.28. The Morgan fingerprint density at radius 2 is 1.91 bits per heavy atom. The Balaban J connectivity index is 2.14. The van der Waals surface area contributed by atoms with Crippen molar-refractivity contribution in [2.45, 2.75) is 6.18 Å². The van der Waals surface area contributed by atoms with E-state index in [1.165, 1.54) is 4.90 Å². The first-order chi connectivity index (χ1) is 5.01. The maximum Gasteiger partial charge on any atom is 0.401 e. The number of aliphatic hydroxyl groups excluding tert-OH is 1. The molecule has 0 unspecified atom stereocenters. The first-order valence-electron chi connectivity index (χ1n) is 3.41. The number of aliphatic hydroxyl groups is 1. The molecule has 1 heterocycles. The highest BCUT2D eigenvalue weighted by Crippen LogP contribution is 2.22. The molecule has 0 saturated carbocycles. The third kappa shape index (κ3) is 2.67.